The Bertz CT molecular complexity index is 263. The number of hydrogen-bond donors (Lipinski definition) is 1. The molecule has 1 saturated heterocycles. The molecule has 0 aromatic heterocycles. The third-order valence-electron chi connectivity index (χ3n) is 3.99. The number of carbonyl (C=O) groups excluding carboxylic acids is 1. The zero-order valence-corrected chi connectivity index (χ0v) is 10.7. The summed E-state index contributed by atoms with van der Waals surface area (Å²) < 4.78 is 0. The predicted octanol–water partition coefficient (Wildman–Crippen LogP) is 2.12. The molecule has 92 valence electrons. The summed E-state index contributed by atoms with van der Waals surface area (Å²) in [5.41, 5.74) is 0. The fourth-order valence-corrected chi connectivity index (χ4v) is 2.82. The van der Waals surface area contributed by atoms with Crippen LogP contribution >= 0.6 is 0 Å². The Kier molecular flexibility index (Phi) is 3.53. The summed E-state index contributed by atoms with van der Waals surface area (Å²) in [6.07, 6.45) is 5.96. The highest BCUT2D eigenvalue weighted by molar-refractivity contribution is 5.84. The molecule has 0 aromatic rings. The standard InChI is InChI=1S/C13H24N2O/c1-4-6-11-13(16)15(12(5-2)14-11)9(3)10-7-8-10/h9-12,14H,4-8H2,1-3H3. The summed E-state index contributed by atoms with van der Waals surface area (Å²) in [5.74, 6) is 1.10. The van der Waals surface area contributed by atoms with Gasteiger partial charge in [-0.1, -0.05) is 20.3 Å². The van der Waals surface area contributed by atoms with E-state index in [9.17, 15) is 4.79 Å². The Balaban J connectivity index is 2.05. The summed E-state index contributed by atoms with van der Waals surface area (Å²) in [7, 11) is 0. The number of hydrogen-bond acceptors (Lipinski definition) is 2. The molecule has 3 nitrogen and oxygen atoms in total. The molecular weight excluding hydrogens is 200 g/mol. The smallest absolute Gasteiger partial charge is 0.241 e. The van der Waals surface area contributed by atoms with Crippen LogP contribution in [0.5, 0.6) is 0 Å². The van der Waals surface area contributed by atoms with E-state index in [2.05, 4.69) is 31.0 Å². The third kappa shape index (κ3) is 2.10. The summed E-state index contributed by atoms with van der Waals surface area (Å²) in [5, 5.41) is 3.48. The molecule has 2 fully saturated rings. The predicted molar refractivity (Wildman–Crippen MR) is 64.9 cm³/mol. The van der Waals surface area contributed by atoms with Crippen LogP contribution in [0.4, 0.5) is 0 Å². The van der Waals surface area contributed by atoms with Gasteiger partial charge in [0, 0.05) is 6.04 Å². The van der Waals surface area contributed by atoms with Gasteiger partial charge in [0.05, 0.1) is 12.2 Å². The first kappa shape index (κ1) is 11.9. The first-order valence-electron chi connectivity index (χ1n) is 6.77. The Morgan fingerprint density at radius 1 is 1.44 bits per heavy atom. The minimum atomic E-state index is 0.0798. The zero-order chi connectivity index (χ0) is 11.7. The lowest BCUT2D eigenvalue weighted by atomic mass is 10.1. The quantitative estimate of drug-likeness (QED) is 0.776. The molecule has 1 N–H and O–H groups in total. The lowest BCUT2D eigenvalue weighted by Gasteiger charge is -2.29. The van der Waals surface area contributed by atoms with Crippen molar-refractivity contribution in [3.8, 4) is 0 Å². The average Bonchev–Trinajstić information content (AvgIpc) is 3.06. The highest BCUT2D eigenvalue weighted by atomic mass is 16.2. The van der Waals surface area contributed by atoms with Gasteiger partial charge in [0.2, 0.25) is 5.91 Å². The highest BCUT2D eigenvalue weighted by Crippen LogP contribution is 2.37. The van der Waals surface area contributed by atoms with Gasteiger partial charge in [0.25, 0.3) is 0 Å². The molecule has 2 aliphatic rings. The van der Waals surface area contributed by atoms with Crippen LogP contribution in [0.25, 0.3) is 0 Å². The van der Waals surface area contributed by atoms with E-state index in [4.69, 9.17) is 0 Å². The van der Waals surface area contributed by atoms with E-state index in [1.165, 1.54) is 12.8 Å². The highest BCUT2D eigenvalue weighted by Gasteiger charge is 2.44. The largest absolute Gasteiger partial charge is 0.323 e. The second kappa shape index (κ2) is 4.74. The van der Waals surface area contributed by atoms with Crippen LogP contribution in [-0.2, 0) is 4.79 Å². The van der Waals surface area contributed by atoms with Crippen molar-refractivity contribution in [2.75, 3.05) is 0 Å². The maximum absolute atomic E-state index is 12.3. The molecule has 1 aliphatic heterocycles. The summed E-state index contributed by atoms with van der Waals surface area (Å²) >= 11 is 0. The molecule has 1 amide bonds. The van der Waals surface area contributed by atoms with Crippen molar-refractivity contribution in [2.24, 2.45) is 5.92 Å². The normalized spacial score (nSPS) is 32.2. The van der Waals surface area contributed by atoms with Crippen molar-refractivity contribution in [1.29, 1.82) is 0 Å². The number of amides is 1. The maximum Gasteiger partial charge on any atom is 0.241 e. The average molecular weight is 224 g/mol. The molecule has 3 atom stereocenters. The molecule has 0 radical (unpaired) electrons. The second-order valence-corrected chi connectivity index (χ2v) is 5.26. The van der Waals surface area contributed by atoms with Gasteiger partial charge in [-0.15, -0.1) is 0 Å². The van der Waals surface area contributed by atoms with Gasteiger partial charge in [-0.2, -0.15) is 0 Å². The molecule has 1 aliphatic carbocycles. The topological polar surface area (TPSA) is 32.3 Å². The molecule has 1 heterocycles. The summed E-state index contributed by atoms with van der Waals surface area (Å²) in [4.78, 5) is 14.4. The van der Waals surface area contributed by atoms with E-state index in [0.717, 1.165) is 25.2 Å². The van der Waals surface area contributed by atoms with Gasteiger partial charge in [-0.3, -0.25) is 10.1 Å². The van der Waals surface area contributed by atoms with Gasteiger partial charge in [-0.05, 0) is 38.5 Å². The van der Waals surface area contributed by atoms with Crippen LogP contribution in [-0.4, -0.2) is 29.1 Å². The Hall–Kier alpha value is -0.570. The van der Waals surface area contributed by atoms with E-state index < -0.39 is 0 Å². The molecule has 0 bridgehead atoms. The Labute approximate surface area is 98.6 Å². The van der Waals surface area contributed by atoms with Gasteiger partial charge < -0.3 is 4.90 Å². The lowest BCUT2D eigenvalue weighted by Crippen LogP contribution is -2.43. The first-order valence-corrected chi connectivity index (χ1v) is 6.77. The van der Waals surface area contributed by atoms with E-state index in [-0.39, 0.29) is 12.2 Å². The number of nitrogens with zero attached hydrogens (tertiary/aromatic N) is 1. The van der Waals surface area contributed by atoms with Crippen LogP contribution in [0.3, 0.4) is 0 Å². The van der Waals surface area contributed by atoms with E-state index in [0.29, 0.717) is 11.9 Å². The Morgan fingerprint density at radius 3 is 2.62 bits per heavy atom. The molecule has 3 unspecified atom stereocenters. The van der Waals surface area contributed by atoms with Crippen LogP contribution < -0.4 is 5.32 Å². The fraction of sp³-hybridized carbons (Fsp3) is 0.923. The number of nitrogens with one attached hydrogen (secondary N) is 1. The first-order chi connectivity index (χ1) is 7.69. The summed E-state index contributed by atoms with van der Waals surface area (Å²) in [6, 6.07) is 0.517. The second-order valence-electron chi connectivity index (χ2n) is 5.26. The minimum absolute atomic E-state index is 0.0798. The minimum Gasteiger partial charge on any atom is -0.323 e. The van der Waals surface area contributed by atoms with E-state index in [1.54, 1.807) is 0 Å². The molecule has 0 aromatic carbocycles. The number of rotatable bonds is 5. The molecule has 1 saturated carbocycles. The Morgan fingerprint density at radius 2 is 2.12 bits per heavy atom. The van der Waals surface area contributed by atoms with Gasteiger partial charge >= 0.3 is 0 Å². The van der Waals surface area contributed by atoms with Crippen molar-refractivity contribution >= 4 is 5.91 Å². The van der Waals surface area contributed by atoms with Crippen molar-refractivity contribution in [2.45, 2.75) is 71.1 Å². The molecule has 2 rings (SSSR count). The molecule has 0 spiro atoms. The number of carbonyl (C=O) groups is 1. The molecular formula is C13H24N2O. The fourth-order valence-electron chi connectivity index (χ4n) is 2.82. The van der Waals surface area contributed by atoms with Gasteiger partial charge in [0.15, 0.2) is 0 Å². The van der Waals surface area contributed by atoms with Crippen molar-refractivity contribution in [3.63, 3.8) is 0 Å². The van der Waals surface area contributed by atoms with Crippen LogP contribution in [0.15, 0.2) is 0 Å². The lowest BCUT2D eigenvalue weighted by molar-refractivity contribution is -0.132. The van der Waals surface area contributed by atoms with E-state index >= 15 is 0 Å². The molecule has 3 heteroatoms. The van der Waals surface area contributed by atoms with Crippen LogP contribution in [0, 0.1) is 5.92 Å². The third-order valence-corrected chi connectivity index (χ3v) is 3.99. The van der Waals surface area contributed by atoms with Gasteiger partial charge in [0.1, 0.15) is 0 Å². The van der Waals surface area contributed by atoms with Gasteiger partial charge in [-0.25, -0.2) is 0 Å². The van der Waals surface area contributed by atoms with Crippen LogP contribution in [0.1, 0.15) is 52.9 Å². The zero-order valence-electron chi connectivity index (χ0n) is 10.7. The SMILES string of the molecule is CCCC1NC(CC)N(C(C)C2CC2)C1=O. The van der Waals surface area contributed by atoms with Crippen LogP contribution in [0.2, 0.25) is 0 Å². The van der Waals surface area contributed by atoms with Crippen molar-refractivity contribution in [1.82, 2.24) is 10.2 Å². The molecule has 16 heavy (non-hydrogen) atoms. The summed E-state index contributed by atoms with van der Waals surface area (Å²) in [6.45, 7) is 6.52. The monoisotopic (exact) mass is 224 g/mol. The van der Waals surface area contributed by atoms with Crippen molar-refractivity contribution in [3.05, 3.63) is 0 Å². The maximum atomic E-state index is 12.3. The van der Waals surface area contributed by atoms with Crippen molar-refractivity contribution < 1.29 is 4.79 Å². The van der Waals surface area contributed by atoms with E-state index in [1.807, 2.05) is 0 Å².